The minimum atomic E-state index is -0.312. The van der Waals surface area contributed by atoms with Crippen molar-refractivity contribution >= 4 is 5.69 Å². The number of nitrogens with zero attached hydrogens (tertiary/aromatic N) is 2. The molecule has 2 rings (SSSR count). The number of aryl methyl sites for hydroxylation is 1. The molecule has 0 radical (unpaired) electrons. The van der Waals surface area contributed by atoms with Crippen LogP contribution in [0.1, 0.15) is 5.69 Å². The summed E-state index contributed by atoms with van der Waals surface area (Å²) >= 11 is 0. The van der Waals surface area contributed by atoms with Gasteiger partial charge in [0, 0.05) is 19.3 Å². The molecule has 0 amide bonds. The zero-order valence-corrected chi connectivity index (χ0v) is 9.77. The Morgan fingerprint density at radius 1 is 1.41 bits per heavy atom. The van der Waals surface area contributed by atoms with Gasteiger partial charge in [-0.25, -0.2) is 4.39 Å². The summed E-state index contributed by atoms with van der Waals surface area (Å²) in [6.07, 6.45) is 1.74. The van der Waals surface area contributed by atoms with Crippen molar-refractivity contribution in [3.8, 4) is 5.75 Å². The maximum Gasteiger partial charge on any atom is 0.144 e. The number of nitrogens with one attached hydrogen (secondary N) is 1. The Kier molecular flexibility index (Phi) is 3.27. The van der Waals surface area contributed by atoms with Gasteiger partial charge in [-0.1, -0.05) is 0 Å². The van der Waals surface area contributed by atoms with E-state index in [2.05, 4.69) is 10.4 Å². The summed E-state index contributed by atoms with van der Waals surface area (Å²) in [5.41, 5.74) is 1.80. The van der Waals surface area contributed by atoms with Gasteiger partial charge in [0.15, 0.2) is 0 Å². The molecule has 0 saturated heterocycles. The zero-order valence-electron chi connectivity index (χ0n) is 9.77. The number of benzene rings is 1. The topological polar surface area (TPSA) is 39.1 Å². The fraction of sp³-hybridized carbons (Fsp3) is 0.250. The third-order valence-electron chi connectivity index (χ3n) is 2.55. The van der Waals surface area contributed by atoms with E-state index in [4.69, 9.17) is 4.74 Å². The van der Waals surface area contributed by atoms with Gasteiger partial charge < -0.3 is 10.1 Å². The van der Waals surface area contributed by atoms with Crippen molar-refractivity contribution < 1.29 is 9.13 Å². The molecule has 0 aliphatic heterocycles. The SMILES string of the molecule is COc1cc(F)ccc1NCc1ccnn1C. The van der Waals surface area contributed by atoms with Crippen LogP contribution in [0.2, 0.25) is 0 Å². The van der Waals surface area contributed by atoms with Crippen molar-refractivity contribution in [2.75, 3.05) is 12.4 Å². The van der Waals surface area contributed by atoms with Gasteiger partial charge in [0.1, 0.15) is 11.6 Å². The lowest BCUT2D eigenvalue weighted by molar-refractivity contribution is 0.413. The molecule has 17 heavy (non-hydrogen) atoms. The highest BCUT2D eigenvalue weighted by Crippen LogP contribution is 2.25. The fourth-order valence-electron chi connectivity index (χ4n) is 1.57. The largest absolute Gasteiger partial charge is 0.494 e. The standard InChI is InChI=1S/C12H14FN3O/c1-16-10(5-6-15-16)8-14-11-4-3-9(13)7-12(11)17-2/h3-7,14H,8H2,1-2H3. The van der Waals surface area contributed by atoms with E-state index in [1.807, 2.05) is 13.1 Å². The summed E-state index contributed by atoms with van der Waals surface area (Å²) in [6.45, 7) is 0.610. The molecule has 0 unspecified atom stereocenters. The predicted molar refractivity (Wildman–Crippen MR) is 63.5 cm³/mol. The number of hydrogen-bond acceptors (Lipinski definition) is 3. The number of hydrogen-bond donors (Lipinski definition) is 1. The molecule has 1 heterocycles. The van der Waals surface area contributed by atoms with Gasteiger partial charge in [0.05, 0.1) is 25.0 Å². The van der Waals surface area contributed by atoms with Crippen LogP contribution < -0.4 is 10.1 Å². The van der Waals surface area contributed by atoms with Crippen LogP contribution in [-0.2, 0) is 13.6 Å². The van der Waals surface area contributed by atoms with Crippen LogP contribution in [0, 0.1) is 5.82 Å². The number of anilines is 1. The first-order chi connectivity index (χ1) is 8.20. The Bertz CT molecular complexity index is 510. The van der Waals surface area contributed by atoms with E-state index < -0.39 is 0 Å². The Morgan fingerprint density at radius 3 is 2.88 bits per heavy atom. The molecule has 0 aliphatic carbocycles. The Balaban J connectivity index is 2.11. The molecule has 0 spiro atoms. The van der Waals surface area contributed by atoms with Gasteiger partial charge in [0.2, 0.25) is 0 Å². The summed E-state index contributed by atoms with van der Waals surface area (Å²) in [5, 5.41) is 7.25. The number of ether oxygens (including phenoxy) is 1. The lowest BCUT2D eigenvalue weighted by Gasteiger charge is -2.11. The quantitative estimate of drug-likeness (QED) is 0.882. The monoisotopic (exact) mass is 235 g/mol. The fourth-order valence-corrected chi connectivity index (χ4v) is 1.57. The van der Waals surface area contributed by atoms with Crippen molar-refractivity contribution in [1.29, 1.82) is 0 Å². The van der Waals surface area contributed by atoms with Crippen molar-refractivity contribution in [1.82, 2.24) is 9.78 Å². The van der Waals surface area contributed by atoms with Gasteiger partial charge >= 0.3 is 0 Å². The van der Waals surface area contributed by atoms with Crippen molar-refractivity contribution in [3.63, 3.8) is 0 Å². The molecular weight excluding hydrogens is 221 g/mol. The van der Waals surface area contributed by atoms with Gasteiger partial charge in [0.25, 0.3) is 0 Å². The minimum Gasteiger partial charge on any atom is -0.494 e. The summed E-state index contributed by atoms with van der Waals surface area (Å²) in [5.74, 6) is 0.181. The summed E-state index contributed by atoms with van der Waals surface area (Å²) < 4.78 is 19.9. The summed E-state index contributed by atoms with van der Waals surface area (Å²) in [4.78, 5) is 0. The van der Waals surface area contributed by atoms with Crippen LogP contribution in [-0.4, -0.2) is 16.9 Å². The third kappa shape index (κ3) is 2.55. The second-order valence-electron chi connectivity index (χ2n) is 3.64. The van der Waals surface area contributed by atoms with Crippen LogP contribution in [0.3, 0.4) is 0 Å². The van der Waals surface area contributed by atoms with E-state index in [-0.39, 0.29) is 5.82 Å². The third-order valence-corrected chi connectivity index (χ3v) is 2.55. The number of methoxy groups -OCH3 is 1. The smallest absolute Gasteiger partial charge is 0.144 e. The normalized spacial score (nSPS) is 10.3. The average molecular weight is 235 g/mol. The lowest BCUT2D eigenvalue weighted by atomic mass is 10.2. The molecule has 0 fully saturated rings. The first-order valence-electron chi connectivity index (χ1n) is 5.25. The van der Waals surface area contributed by atoms with Crippen molar-refractivity contribution in [3.05, 3.63) is 42.0 Å². The van der Waals surface area contributed by atoms with E-state index in [1.54, 1.807) is 16.9 Å². The maximum atomic E-state index is 13.0. The van der Waals surface area contributed by atoms with Crippen molar-refractivity contribution in [2.45, 2.75) is 6.54 Å². The van der Waals surface area contributed by atoms with Crippen LogP contribution in [0.5, 0.6) is 5.75 Å². The van der Waals surface area contributed by atoms with Gasteiger partial charge in [-0.15, -0.1) is 0 Å². The van der Waals surface area contributed by atoms with Crippen molar-refractivity contribution in [2.24, 2.45) is 7.05 Å². The Morgan fingerprint density at radius 2 is 2.24 bits per heavy atom. The van der Waals surface area contributed by atoms with E-state index in [0.717, 1.165) is 11.4 Å². The average Bonchev–Trinajstić information content (AvgIpc) is 2.73. The zero-order chi connectivity index (χ0) is 12.3. The van der Waals surface area contributed by atoms with Gasteiger partial charge in [-0.3, -0.25) is 4.68 Å². The highest BCUT2D eigenvalue weighted by Gasteiger charge is 2.05. The highest BCUT2D eigenvalue weighted by molar-refractivity contribution is 5.56. The molecule has 1 aromatic heterocycles. The van der Waals surface area contributed by atoms with Crippen LogP contribution in [0.25, 0.3) is 0 Å². The molecular formula is C12H14FN3O. The first kappa shape index (κ1) is 11.4. The summed E-state index contributed by atoms with van der Waals surface area (Å²) in [6, 6.07) is 6.33. The van der Waals surface area contributed by atoms with Gasteiger partial charge in [-0.05, 0) is 18.2 Å². The molecule has 0 bridgehead atoms. The first-order valence-corrected chi connectivity index (χ1v) is 5.25. The minimum absolute atomic E-state index is 0.312. The Labute approximate surface area is 99.0 Å². The van der Waals surface area contributed by atoms with Gasteiger partial charge in [-0.2, -0.15) is 5.10 Å². The summed E-state index contributed by atoms with van der Waals surface area (Å²) in [7, 11) is 3.39. The van der Waals surface area contributed by atoms with Crippen LogP contribution >= 0.6 is 0 Å². The number of halogens is 1. The molecule has 5 heteroatoms. The van der Waals surface area contributed by atoms with Crippen LogP contribution in [0.15, 0.2) is 30.5 Å². The number of aromatic nitrogens is 2. The van der Waals surface area contributed by atoms with E-state index in [0.29, 0.717) is 12.3 Å². The van der Waals surface area contributed by atoms with E-state index >= 15 is 0 Å². The lowest BCUT2D eigenvalue weighted by Crippen LogP contribution is -2.06. The Hall–Kier alpha value is -2.04. The molecule has 0 atom stereocenters. The molecule has 4 nitrogen and oxygen atoms in total. The maximum absolute atomic E-state index is 13.0. The second-order valence-corrected chi connectivity index (χ2v) is 3.64. The number of rotatable bonds is 4. The molecule has 0 aliphatic rings. The van der Waals surface area contributed by atoms with E-state index in [1.165, 1.54) is 19.2 Å². The highest BCUT2D eigenvalue weighted by atomic mass is 19.1. The molecule has 2 aromatic rings. The second kappa shape index (κ2) is 4.86. The van der Waals surface area contributed by atoms with Crippen LogP contribution in [0.4, 0.5) is 10.1 Å². The molecule has 1 aromatic carbocycles. The molecule has 0 saturated carbocycles. The molecule has 90 valence electrons. The van der Waals surface area contributed by atoms with E-state index in [9.17, 15) is 4.39 Å². The predicted octanol–water partition coefficient (Wildman–Crippen LogP) is 2.18. The molecule has 1 N–H and O–H groups in total.